The Balaban J connectivity index is 1.46. The maximum atomic E-state index is 7.45. The van der Waals surface area contributed by atoms with Gasteiger partial charge in [-0.2, -0.15) is 0 Å². The van der Waals surface area contributed by atoms with Crippen LogP contribution >= 0.6 is 16.8 Å². The smallest absolute Gasteiger partial charge is 0.497 e. The first kappa shape index (κ1) is 48.5. The van der Waals surface area contributed by atoms with Gasteiger partial charge in [0, 0.05) is 55.3 Å². The lowest BCUT2D eigenvalue weighted by molar-refractivity contribution is 0.384. The number of para-hydroxylation sites is 2. The van der Waals surface area contributed by atoms with Crippen LogP contribution in [0.5, 0.6) is 46.0 Å². The number of rotatable bonds is 9. The molecule has 10 nitrogen and oxygen atoms in total. The van der Waals surface area contributed by atoms with E-state index in [1.165, 1.54) is 0 Å². The van der Waals surface area contributed by atoms with Crippen molar-refractivity contribution in [1.82, 2.24) is 0 Å². The van der Waals surface area contributed by atoms with Gasteiger partial charge in [0.15, 0.2) is 17.2 Å². The van der Waals surface area contributed by atoms with Crippen molar-refractivity contribution >= 4 is 38.8 Å². The third-order valence-corrected chi connectivity index (χ3v) is 14.3. The van der Waals surface area contributed by atoms with Crippen LogP contribution in [0, 0.1) is 0 Å². The highest BCUT2D eigenvalue weighted by Crippen LogP contribution is 2.57. The summed E-state index contributed by atoms with van der Waals surface area (Å²) in [5, 5.41) is 1.61. The fraction of sp³-hybridized carbons (Fsp3) is 0.357. The molecule has 0 bridgehead atoms. The monoisotopic (exact) mass is 959 g/mol. The van der Waals surface area contributed by atoms with E-state index in [-0.39, 0.29) is 10.8 Å². The SMILES string of the molecule is COc1cc(-c2cc(OC)cc(C(C)(C)C)c2O[PH+]2Oc3ccccc3-c3ccccc3O2)c(Op2oc3c(C(C)(C)C)cc(OC)cc3c3cc(OC)cc(C(C)(C)C)c3o2)c(C(C)(C)C)c1. The summed E-state index contributed by atoms with van der Waals surface area (Å²) < 4.78 is 66.7. The van der Waals surface area contributed by atoms with Gasteiger partial charge in [-0.3, -0.25) is 13.6 Å². The maximum absolute atomic E-state index is 7.45. The molecule has 0 spiro atoms. The molecule has 0 radical (unpaired) electrons. The van der Waals surface area contributed by atoms with Crippen LogP contribution in [0.3, 0.4) is 0 Å². The largest absolute Gasteiger partial charge is 0.528 e. The zero-order chi connectivity index (χ0) is 49.1. The average molecular weight is 960 g/mol. The van der Waals surface area contributed by atoms with Crippen molar-refractivity contribution in [3.63, 3.8) is 0 Å². The number of hydrogen-bond acceptors (Lipinski definition) is 10. The van der Waals surface area contributed by atoms with E-state index in [0.29, 0.717) is 68.3 Å². The molecule has 1 aromatic heterocycles. The zero-order valence-corrected chi connectivity index (χ0v) is 44.2. The molecule has 1 aliphatic rings. The first-order chi connectivity index (χ1) is 32.0. The van der Waals surface area contributed by atoms with Gasteiger partial charge < -0.3 is 31.9 Å². The molecule has 0 fully saturated rings. The lowest BCUT2D eigenvalue weighted by Crippen LogP contribution is -2.16. The predicted molar refractivity (Wildman–Crippen MR) is 277 cm³/mol. The maximum Gasteiger partial charge on any atom is 0.528 e. The van der Waals surface area contributed by atoms with Crippen molar-refractivity contribution in [3.8, 4) is 68.2 Å². The topological polar surface area (TPSA) is 100 Å². The second-order valence-corrected chi connectivity index (χ2v) is 23.4. The van der Waals surface area contributed by atoms with Crippen LogP contribution in [0.25, 0.3) is 44.2 Å². The van der Waals surface area contributed by atoms with Crippen molar-refractivity contribution in [2.45, 2.75) is 105 Å². The average Bonchev–Trinajstić information content (AvgIpc) is 3.54. The summed E-state index contributed by atoms with van der Waals surface area (Å²) in [5.74, 6) is 5.06. The van der Waals surface area contributed by atoms with Gasteiger partial charge in [0.05, 0.1) is 28.4 Å². The van der Waals surface area contributed by atoms with Crippen LogP contribution in [-0.4, -0.2) is 28.4 Å². The molecule has 2 heterocycles. The van der Waals surface area contributed by atoms with Crippen LogP contribution < -0.4 is 37.0 Å². The Morgan fingerprint density at radius 3 is 1.16 bits per heavy atom. The molecule has 0 atom stereocenters. The summed E-state index contributed by atoms with van der Waals surface area (Å²) in [6.07, 6.45) is 0. The van der Waals surface area contributed by atoms with Crippen LogP contribution in [0.4, 0.5) is 0 Å². The van der Waals surface area contributed by atoms with Gasteiger partial charge in [-0.05, 0) is 82.3 Å². The van der Waals surface area contributed by atoms with E-state index in [4.69, 9.17) is 45.4 Å². The molecular weight excluding hydrogens is 895 g/mol. The van der Waals surface area contributed by atoms with E-state index in [1.54, 1.807) is 28.4 Å². The normalized spacial score (nSPS) is 13.2. The molecule has 8 rings (SSSR count). The molecule has 0 saturated heterocycles. The van der Waals surface area contributed by atoms with E-state index in [2.05, 4.69) is 83.1 Å². The third kappa shape index (κ3) is 9.55. The van der Waals surface area contributed by atoms with Gasteiger partial charge in [-0.15, -0.1) is 0 Å². The minimum absolute atomic E-state index is 0.375. The Hall–Kier alpha value is -5.95. The standard InChI is InChI=1S/C56H65O10P2/c1-53(2,3)43-29-33(57-13)25-39(49(43)63-67-61-47-23-19-17-21-37(47)38-22-18-20-24-48(38)62-67)40-26-34(58-14)30-44(54(4,5)6)50(40)64-68-65-51-41(27-35(59-15)31-45(51)55(7,8)9)42-28-36(60-16)32-46(52(42)66-68)56(10,11)12/h17-32,67H,1-16H3/q+1. The number of methoxy groups -OCH3 is 4. The molecule has 68 heavy (non-hydrogen) atoms. The van der Waals surface area contributed by atoms with E-state index in [0.717, 1.165) is 44.2 Å². The lowest BCUT2D eigenvalue weighted by atomic mass is 9.81. The number of ether oxygens (including phenoxy) is 4. The third-order valence-electron chi connectivity index (χ3n) is 12.1. The predicted octanol–water partition coefficient (Wildman–Crippen LogP) is 16.5. The Bertz CT molecular complexity index is 2940. The first-order valence-electron chi connectivity index (χ1n) is 22.9. The molecule has 1 aliphatic heterocycles. The van der Waals surface area contributed by atoms with Crippen LogP contribution in [-0.2, 0) is 21.7 Å². The van der Waals surface area contributed by atoms with Crippen molar-refractivity contribution < 1.29 is 45.4 Å². The Kier molecular flexibility index (Phi) is 13.0. The second kappa shape index (κ2) is 18.2. The number of hydrogen-bond donors (Lipinski definition) is 0. The molecule has 7 aromatic rings. The van der Waals surface area contributed by atoms with Gasteiger partial charge in [0.1, 0.15) is 39.9 Å². The van der Waals surface area contributed by atoms with Gasteiger partial charge in [-0.25, -0.2) is 0 Å². The number of benzene rings is 6. The lowest BCUT2D eigenvalue weighted by Gasteiger charge is -2.27. The Labute approximate surface area is 403 Å². The summed E-state index contributed by atoms with van der Waals surface area (Å²) in [4.78, 5) is 0. The second-order valence-electron chi connectivity index (χ2n) is 21.3. The van der Waals surface area contributed by atoms with Crippen molar-refractivity contribution in [1.29, 1.82) is 0 Å². The minimum atomic E-state index is -2.58. The van der Waals surface area contributed by atoms with Crippen molar-refractivity contribution in [2.24, 2.45) is 0 Å². The van der Waals surface area contributed by atoms with E-state index in [9.17, 15) is 0 Å². The summed E-state index contributed by atoms with van der Waals surface area (Å²) in [7, 11) is 1.87. The molecule has 0 aliphatic carbocycles. The van der Waals surface area contributed by atoms with E-state index in [1.807, 2.05) is 97.1 Å². The fourth-order valence-electron chi connectivity index (χ4n) is 8.48. The summed E-state index contributed by atoms with van der Waals surface area (Å²) in [6, 6.07) is 31.9. The van der Waals surface area contributed by atoms with Crippen molar-refractivity contribution in [3.05, 3.63) is 119 Å². The summed E-state index contributed by atoms with van der Waals surface area (Å²) >= 11 is 0. The molecule has 6 aromatic carbocycles. The zero-order valence-electron chi connectivity index (χ0n) is 42.3. The van der Waals surface area contributed by atoms with Gasteiger partial charge in [0.25, 0.3) is 0 Å². The van der Waals surface area contributed by atoms with Crippen LogP contribution in [0.1, 0.15) is 105 Å². The minimum Gasteiger partial charge on any atom is -0.497 e. The first-order valence-corrected chi connectivity index (χ1v) is 25.2. The van der Waals surface area contributed by atoms with Crippen molar-refractivity contribution in [2.75, 3.05) is 28.4 Å². The molecule has 0 saturated carbocycles. The highest BCUT2D eigenvalue weighted by Gasteiger charge is 2.38. The quantitative estimate of drug-likeness (QED) is 0.130. The van der Waals surface area contributed by atoms with Crippen LogP contribution in [0.2, 0.25) is 0 Å². The summed E-state index contributed by atoms with van der Waals surface area (Å²) in [5.41, 5.74) is 6.36. The molecular formula is C56H65O10P2+. The highest BCUT2D eigenvalue weighted by molar-refractivity contribution is 7.43. The molecule has 12 heteroatoms. The van der Waals surface area contributed by atoms with Gasteiger partial charge >= 0.3 is 16.8 Å². The highest BCUT2D eigenvalue weighted by atomic mass is 31.2. The van der Waals surface area contributed by atoms with E-state index < -0.39 is 27.7 Å². The van der Waals surface area contributed by atoms with Gasteiger partial charge in [0.2, 0.25) is 0 Å². The number of fused-ring (bicyclic) bond motifs is 6. The Morgan fingerprint density at radius 1 is 0.412 bits per heavy atom. The molecule has 0 unspecified atom stereocenters. The van der Waals surface area contributed by atoms with Gasteiger partial charge in [-0.1, -0.05) is 119 Å². The fourth-order valence-corrected chi connectivity index (χ4v) is 10.9. The van der Waals surface area contributed by atoms with E-state index >= 15 is 0 Å². The molecule has 0 amide bonds. The van der Waals surface area contributed by atoms with Crippen LogP contribution in [0.15, 0.2) is 105 Å². The molecule has 358 valence electrons. The Morgan fingerprint density at radius 2 is 0.765 bits per heavy atom. The summed E-state index contributed by atoms with van der Waals surface area (Å²) in [6.45, 7) is 25.8. The molecule has 0 N–H and O–H groups in total.